The molecule has 1 saturated heterocycles. The summed E-state index contributed by atoms with van der Waals surface area (Å²) in [6, 6.07) is 0. The summed E-state index contributed by atoms with van der Waals surface area (Å²) in [7, 11) is -5.24. The van der Waals surface area contributed by atoms with E-state index < -0.39 is 39.0 Å². The quantitative estimate of drug-likeness (QED) is 0.152. The van der Waals surface area contributed by atoms with E-state index in [2.05, 4.69) is 19.5 Å². The van der Waals surface area contributed by atoms with Gasteiger partial charge in [0.15, 0.2) is 22.8 Å². The van der Waals surface area contributed by atoms with Crippen LogP contribution in [0.4, 0.5) is 5.82 Å². The van der Waals surface area contributed by atoms with Crippen LogP contribution in [0.3, 0.4) is 0 Å². The zero-order valence-electron chi connectivity index (χ0n) is 16.2. The second-order valence-corrected chi connectivity index (χ2v) is 8.07. The molecule has 2 aromatic heterocycles. The first-order valence-corrected chi connectivity index (χ1v) is 10.5. The van der Waals surface area contributed by atoms with E-state index in [4.69, 9.17) is 10.5 Å². The molecule has 1 aliphatic rings. The van der Waals surface area contributed by atoms with E-state index in [1.165, 1.54) is 22.7 Å². The summed E-state index contributed by atoms with van der Waals surface area (Å²) in [6.07, 6.45) is -3.04. The fourth-order valence-corrected chi connectivity index (χ4v) is 3.65. The van der Waals surface area contributed by atoms with Gasteiger partial charge in [-0.15, -0.1) is 0 Å². The van der Waals surface area contributed by atoms with Crippen molar-refractivity contribution in [3.8, 4) is 0 Å². The van der Waals surface area contributed by atoms with Gasteiger partial charge in [-0.25, -0.2) is 15.0 Å². The number of ether oxygens (including phenoxy) is 1. The summed E-state index contributed by atoms with van der Waals surface area (Å²) in [6.45, 7) is 1.29. The number of hydrogen-bond donors (Lipinski definition) is 3. The number of thioether (sulfide) groups is 1. The normalized spacial score (nSPS) is 24.3. The molecule has 2 aromatic rings. The zero-order chi connectivity index (χ0) is 19.8. The average molecular weight is 465 g/mol. The largest absolute Gasteiger partial charge is 1.00 e. The third-order valence-corrected chi connectivity index (χ3v) is 5.39. The molecule has 3 heterocycles. The van der Waals surface area contributed by atoms with E-state index in [1.54, 1.807) is 0 Å². The monoisotopic (exact) mass is 465 g/mol. The Balaban J connectivity index is 0.00000210. The first-order valence-electron chi connectivity index (χ1n) is 8.02. The number of fused-ring (bicyclic) bond motifs is 1. The number of phosphoric ester groups is 1. The van der Waals surface area contributed by atoms with Crippen LogP contribution in [-0.4, -0.2) is 60.4 Å². The third-order valence-electron chi connectivity index (χ3n) is 3.87. The molecule has 0 aromatic carbocycles. The third kappa shape index (κ3) is 6.59. The Bertz CT molecular complexity index is 871. The topological polar surface area (TPSA) is 192 Å². The van der Waals surface area contributed by atoms with Gasteiger partial charge in [0.05, 0.1) is 20.8 Å². The molecule has 12 nitrogen and oxygen atoms in total. The van der Waals surface area contributed by atoms with Crippen molar-refractivity contribution >= 4 is 36.6 Å². The standard InChI is InChI=1S/C13H20N5O7PS.2Na/c1-2-3-27-13-16-10(14)7-11(17-13)18(5-15-7)12-9(20)8(19)6(25-12)4-24-26(21,22)23;;/h5-6,8-9,12,19-20H,2-4H2,1H3,(H2,14,16,17)(H2,21,22,23);;/q;2*+1/p-2/t6-,8-,9-,12-;;/m1../s1. The first kappa shape index (κ1) is 27.7. The van der Waals surface area contributed by atoms with Crippen LogP contribution >= 0.6 is 19.6 Å². The number of aliphatic hydroxyl groups is 2. The predicted molar refractivity (Wildman–Crippen MR) is 90.2 cm³/mol. The van der Waals surface area contributed by atoms with Gasteiger partial charge in [-0.2, -0.15) is 0 Å². The molecule has 0 bridgehead atoms. The van der Waals surface area contributed by atoms with Crippen LogP contribution in [0.15, 0.2) is 11.5 Å². The van der Waals surface area contributed by atoms with Gasteiger partial charge >= 0.3 is 59.1 Å². The number of hydrogen-bond acceptors (Lipinski definition) is 12. The van der Waals surface area contributed by atoms with Gasteiger partial charge in [0.2, 0.25) is 0 Å². The maximum absolute atomic E-state index is 10.6. The summed E-state index contributed by atoms with van der Waals surface area (Å²) >= 11 is 1.40. The Morgan fingerprint density at radius 1 is 1.34 bits per heavy atom. The molecule has 0 saturated carbocycles. The van der Waals surface area contributed by atoms with Crippen LogP contribution in [0, 0.1) is 0 Å². The molecule has 16 heteroatoms. The number of rotatable bonds is 7. The summed E-state index contributed by atoms with van der Waals surface area (Å²) in [5.74, 6) is 0.938. The van der Waals surface area contributed by atoms with E-state index >= 15 is 0 Å². The molecule has 0 spiro atoms. The molecule has 29 heavy (non-hydrogen) atoms. The zero-order valence-corrected chi connectivity index (χ0v) is 21.9. The molecule has 3 rings (SSSR count). The number of phosphoric acid groups is 1. The second kappa shape index (κ2) is 11.5. The van der Waals surface area contributed by atoms with Crippen LogP contribution in [0.25, 0.3) is 11.2 Å². The number of aromatic nitrogens is 4. The minimum Gasteiger partial charge on any atom is -0.790 e. The number of imidazole rings is 1. The second-order valence-electron chi connectivity index (χ2n) is 5.85. The fraction of sp³-hybridized carbons (Fsp3) is 0.615. The smallest absolute Gasteiger partial charge is 0.790 e. The number of nitrogen functional groups attached to an aromatic ring is 1. The molecule has 1 fully saturated rings. The van der Waals surface area contributed by atoms with Crippen molar-refractivity contribution in [3.63, 3.8) is 0 Å². The summed E-state index contributed by atoms with van der Waals surface area (Å²) < 4.78 is 21.6. The van der Waals surface area contributed by atoms with Crippen LogP contribution in [0.2, 0.25) is 0 Å². The van der Waals surface area contributed by atoms with Crippen molar-refractivity contribution in [2.24, 2.45) is 0 Å². The summed E-state index contributed by atoms with van der Waals surface area (Å²) in [5, 5.41) is 20.8. The molecule has 4 atom stereocenters. The Hall–Kier alpha value is 0.690. The fourth-order valence-electron chi connectivity index (χ4n) is 2.62. The molecule has 0 radical (unpaired) electrons. The Morgan fingerprint density at radius 3 is 2.66 bits per heavy atom. The van der Waals surface area contributed by atoms with Crippen molar-refractivity contribution in [1.29, 1.82) is 0 Å². The van der Waals surface area contributed by atoms with Crippen LogP contribution in [0.1, 0.15) is 19.6 Å². The Kier molecular flexibility index (Phi) is 11.0. The van der Waals surface area contributed by atoms with E-state index in [0.29, 0.717) is 10.7 Å². The van der Waals surface area contributed by atoms with Crippen molar-refractivity contribution in [3.05, 3.63) is 6.33 Å². The van der Waals surface area contributed by atoms with Gasteiger partial charge < -0.3 is 39.6 Å². The SMILES string of the molecule is CCCSc1nc(N)c2ncn([C@@H]3O[C@H](COP(=O)([O-])[O-])[C@@H](O)[C@H]3O)c2n1.[Na+].[Na+]. The van der Waals surface area contributed by atoms with Gasteiger partial charge in [-0.3, -0.25) is 4.57 Å². The average Bonchev–Trinajstić information content (AvgIpc) is 3.13. The van der Waals surface area contributed by atoms with Crippen molar-refractivity contribution < 1.29 is 92.9 Å². The predicted octanol–water partition coefficient (Wildman–Crippen LogP) is -7.62. The maximum atomic E-state index is 10.6. The Morgan fingerprint density at radius 2 is 2.03 bits per heavy atom. The molecular weight excluding hydrogens is 447 g/mol. The molecule has 0 aliphatic carbocycles. The maximum Gasteiger partial charge on any atom is 1.00 e. The number of anilines is 1. The van der Waals surface area contributed by atoms with Crippen molar-refractivity contribution in [2.45, 2.75) is 43.0 Å². The van der Waals surface area contributed by atoms with Crippen molar-refractivity contribution in [2.75, 3.05) is 18.1 Å². The van der Waals surface area contributed by atoms with E-state index in [9.17, 15) is 24.6 Å². The summed E-state index contributed by atoms with van der Waals surface area (Å²) in [5.41, 5.74) is 6.50. The summed E-state index contributed by atoms with van der Waals surface area (Å²) in [4.78, 5) is 33.9. The number of nitrogens with two attached hydrogens (primary N) is 1. The van der Waals surface area contributed by atoms with Gasteiger partial charge in [0.1, 0.15) is 23.8 Å². The van der Waals surface area contributed by atoms with Gasteiger partial charge in [0, 0.05) is 5.75 Å². The van der Waals surface area contributed by atoms with Crippen LogP contribution in [-0.2, 0) is 13.8 Å². The Labute approximate surface area is 214 Å². The molecule has 0 amide bonds. The minimum atomic E-state index is -5.24. The molecule has 150 valence electrons. The molecule has 1 aliphatic heterocycles. The molecular formula is C13H18N5Na2O7PS. The van der Waals surface area contributed by atoms with Gasteiger partial charge in [0.25, 0.3) is 0 Å². The van der Waals surface area contributed by atoms with Crippen LogP contribution < -0.4 is 74.6 Å². The van der Waals surface area contributed by atoms with E-state index in [0.717, 1.165) is 12.2 Å². The van der Waals surface area contributed by atoms with Gasteiger partial charge in [-0.05, 0) is 6.42 Å². The van der Waals surface area contributed by atoms with E-state index in [-0.39, 0.29) is 70.6 Å². The van der Waals surface area contributed by atoms with E-state index in [1.807, 2.05) is 6.92 Å². The number of nitrogens with zero attached hydrogens (tertiary/aromatic N) is 4. The first-order chi connectivity index (χ1) is 12.7. The number of aliphatic hydroxyl groups excluding tert-OH is 2. The van der Waals surface area contributed by atoms with Crippen molar-refractivity contribution in [1.82, 2.24) is 19.5 Å². The van der Waals surface area contributed by atoms with Crippen LogP contribution in [0.5, 0.6) is 0 Å². The van der Waals surface area contributed by atoms with Gasteiger partial charge in [-0.1, -0.05) is 18.7 Å². The molecule has 4 N–H and O–H groups in total. The molecule has 0 unspecified atom stereocenters. The minimum absolute atomic E-state index is 0.